The normalized spacial score (nSPS) is 14.8. The van der Waals surface area contributed by atoms with Crippen LogP contribution in [0, 0.1) is 5.41 Å². The second-order valence-corrected chi connectivity index (χ2v) is 3.46. The molecular weight excluding hydrogens is 154 g/mol. The molecule has 1 atom stereocenters. The molecule has 2 N–H and O–H groups in total. The van der Waals surface area contributed by atoms with Crippen molar-refractivity contribution in [1.82, 2.24) is 4.84 Å². The Kier molecular flexibility index (Phi) is 3.12. The molecule has 3 nitrogen and oxygen atoms in total. The molecule has 0 fully saturated rings. The van der Waals surface area contributed by atoms with Crippen molar-refractivity contribution >= 4 is 17.7 Å². The van der Waals surface area contributed by atoms with Crippen LogP contribution < -0.4 is 4.84 Å². The SMILES string of the molecule is CC(C)(C)C(NCl)C(=O)O. The van der Waals surface area contributed by atoms with Crippen LogP contribution in [0.15, 0.2) is 0 Å². The molecule has 0 aromatic rings. The predicted molar refractivity (Wildman–Crippen MR) is 39.9 cm³/mol. The van der Waals surface area contributed by atoms with Crippen LogP contribution in [-0.2, 0) is 4.79 Å². The molecule has 0 aromatic heterocycles. The minimum absolute atomic E-state index is 0.354. The number of rotatable bonds is 2. The number of nitrogens with one attached hydrogen (secondary N) is 1. The number of carboxylic acid groups (broad SMARTS) is 1. The molecule has 10 heavy (non-hydrogen) atoms. The van der Waals surface area contributed by atoms with Gasteiger partial charge in [-0.15, -0.1) is 0 Å². The van der Waals surface area contributed by atoms with Crippen LogP contribution in [0.25, 0.3) is 0 Å². The van der Waals surface area contributed by atoms with Gasteiger partial charge in [-0.2, -0.15) is 0 Å². The van der Waals surface area contributed by atoms with E-state index in [0.29, 0.717) is 0 Å². The van der Waals surface area contributed by atoms with Gasteiger partial charge in [0.1, 0.15) is 6.04 Å². The van der Waals surface area contributed by atoms with E-state index in [-0.39, 0.29) is 5.41 Å². The predicted octanol–water partition coefficient (Wildman–Crippen LogP) is 1.23. The molecule has 0 heterocycles. The first-order valence-electron chi connectivity index (χ1n) is 2.98. The molecule has 0 aliphatic rings. The quantitative estimate of drug-likeness (QED) is 0.606. The van der Waals surface area contributed by atoms with Crippen molar-refractivity contribution in [2.75, 3.05) is 0 Å². The molecule has 60 valence electrons. The molecule has 0 saturated heterocycles. The van der Waals surface area contributed by atoms with E-state index in [0.717, 1.165) is 0 Å². The van der Waals surface area contributed by atoms with Crippen molar-refractivity contribution in [2.24, 2.45) is 5.41 Å². The van der Waals surface area contributed by atoms with Gasteiger partial charge < -0.3 is 5.11 Å². The largest absolute Gasteiger partial charge is 0.480 e. The van der Waals surface area contributed by atoms with Crippen LogP contribution in [-0.4, -0.2) is 17.1 Å². The lowest BCUT2D eigenvalue weighted by atomic mass is 9.88. The van der Waals surface area contributed by atoms with Crippen molar-refractivity contribution < 1.29 is 9.90 Å². The highest BCUT2D eigenvalue weighted by Crippen LogP contribution is 2.19. The second-order valence-electron chi connectivity index (χ2n) is 3.25. The molecule has 0 radical (unpaired) electrons. The van der Waals surface area contributed by atoms with Gasteiger partial charge in [-0.05, 0) is 17.2 Å². The van der Waals surface area contributed by atoms with Gasteiger partial charge >= 0.3 is 5.97 Å². The zero-order valence-electron chi connectivity index (χ0n) is 6.31. The van der Waals surface area contributed by atoms with E-state index in [2.05, 4.69) is 4.84 Å². The Morgan fingerprint density at radius 3 is 2.00 bits per heavy atom. The minimum atomic E-state index is -0.928. The number of hydrogen-bond acceptors (Lipinski definition) is 2. The molecule has 0 aliphatic carbocycles. The first kappa shape index (κ1) is 9.72. The standard InChI is InChI=1S/C6H12ClNO2/c1-6(2,3)4(8-7)5(9)10/h4,8H,1-3H3,(H,9,10). The lowest BCUT2D eigenvalue weighted by Crippen LogP contribution is -2.42. The highest BCUT2D eigenvalue weighted by molar-refractivity contribution is 6.14. The van der Waals surface area contributed by atoms with Crippen molar-refractivity contribution in [3.8, 4) is 0 Å². The fourth-order valence-corrected chi connectivity index (χ4v) is 1.00. The van der Waals surface area contributed by atoms with E-state index in [1.165, 1.54) is 0 Å². The third-order valence-corrected chi connectivity index (χ3v) is 1.44. The Balaban J connectivity index is 4.22. The third kappa shape index (κ3) is 2.54. The van der Waals surface area contributed by atoms with Crippen LogP contribution in [0.5, 0.6) is 0 Å². The van der Waals surface area contributed by atoms with Gasteiger partial charge in [0.2, 0.25) is 0 Å². The Labute approximate surface area is 65.5 Å². The fraction of sp³-hybridized carbons (Fsp3) is 0.833. The molecule has 0 saturated carbocycles. The fourth-order valence-electron chi connectivity index (χ4n) is 0.581. The Morgan fingerprint density at radius 1 is 1.60 bits per heavy atom. The maximum absolute atomic E-state index is 10.4. The highest BCUT2D eigenvalue weighted by Gasteiger charge is 2.30. The number of hydrogen-bond donors (Lipinski definition) is 2. The summed E-state index contributed by atoms with van der Waals surface area (Å²) in [6.45, 7) is 5.42. The van der Waals surface area contributed by atoms with Crippen molar-refractivity contribution in [3.63, 3.8) is 0 Å². The zero-order chi connectivity index (χ0) is 8.36. The maximum atomic E-state index is 10.4. The lowest BCUT2D eigenvalue weighted by molar-refractivity contribution is -0.141. The number of halogens is 1. The number of carbonyl (C=O) groups is 1. The summed E-state index contributed by atoms with van der Waals surface area (Å²) >= 11 is 5.22. The lowest BCUT2D eigenvalue weighted by Gasteiger charge is -2.24. The molecule has 0 amide bonds. The van der Waals surface area contributed by atoms with E-state index in [4.69, 9.17) is 16.9 Å². The summed E-state index contributed by atoms with van der Waals surface area (Å²) in [5.41, 5.74) is -0.354. The van der Waals surface area contributed by atoms with Gasteiger partial charge in [-0.3, -0.25) is 4.79 Å². The maximum Gasteiger partial charge on any atom is 0.322 e. The minimum Gasteiger partial charge on any atom is -0.480 e. The van der Waals surface area contributed by atoms with Crippen LogP contribution in [0.2, 0.25) is 0 Å². The van der Waals surface area contributed by atoms with E-state index in [1.54, 1.807) is 20.8 Å². The first-order valence-corrected chi connectivity index (χ1v) is 3.36. The van der Waals surface area contributed by atoms with Gasteiger partial charge in [0.25, 0.3) is 0 Å². The monoisotopic (exact) mass is 165 g/mol. The molecular formula is C6H12ClNO2. The van der Waals surface area contributed by atoms with Gasteiger partial charge in [0.05, 0.1) is 0 Å². The Bertz CT molecular complexity index is 130. The van der Waals surface area contributed by atoms with Crippen molar-refractivity contribution in [3.05, 3.63) is 0 Å². The second kappa shape index (κ2) is 3.21. The third-order valence-electron chi connectivity index (χ3n) is 1.22. The van der Waals surface area contributed by atoms with Crippen LogP contribution in [0.1, 0.15) is 20.8 Å². The van der Waals surface area contributed by atoms with E-state index < -0.39 is 12.0 Å². The van der Waals surface area contributed by atoms with Crippen LogP contribution in [0.3, 0.4) is 0 Å². The number of aliphatic carboxylic acids is 1. The van der Waals surface area contributed by atoms with E-state index in [1.807, 2.05) is 0 Å². The van der Waals surface area contributed by atoms with Crippen molar-refractivity contribution in [2.45, 2.75) is 26.8 Å². The Morgan fingerprint density at radius 2 is 2.00 bits per heavy atom. The zero-order valence-corrected chi connectivity index (χ0v) is 7.07. The smallest absolute Gasteiger partial charge is 0.322 e. The van der Waals surface area contributed by atoms with Gasteiger partial charge in [-0.1, -0.05) is 20.8 Å². The summed E-state index contributed by atoms with van der Waals surface area (Å²) in [5.74, 6) is -0.928. The van der Waals surface area contributed by atoms with Crippen molar-refractivity contribution in [1.29, 1.82) is 0 Å². The molecule has 0 rings (SSSR count). The highest BCUT2D eigenvalue weighted by atomic mass is 35.5. The number of carboxylic acids is 1. The van der Waals surface area contributed by atoms with Gasteiger partial charge in [0, 0.05) is 0 Å². The molecule has 0 spiro atoms. The van der Waals surface area contributed by atoms with Crippen LogP contribution in [0.4, 0.5) is 0 Å². The molecule has 0 bridgehead atoms. The first-order chi connectivity index (χ1) is 4.39. The topological polar surface area (TPSA) is 49.3 Å². The van der Waals surface area contributed by atoms with E-state index in [9.17, 15) is 4.79 Å². The molecule has 1 unspecified atom stereocenters. The van der Waals surface area contributed by atoms with Crippen LogP contribution >= 0.6 is 11.8 Å². The molecule has 0 aromatic carbocycles. The summed E-state index contributed by atoms with van der Waals surface area (Å²) < 4.78 is 0. The summed E-state index contributed by atoms with van der Waals surface area (Å²) in [4.78, 5) is 12.6. The average Bonchev–Trinajstić information content (AvgIpc) is 1.60. The van der Waals surface area contributed by atoms with Gasteiger partial charge in [0.15, 0.2) is 0 Å². The average molecular weight is 166 g/mol. The Hall–Kier alpha value is -0.280. The van der Waals surface area contributed by atoms with Gasteiger partial charge in [-0.25, -0.2) is 4.84 Å². The molecule has 4 heteroatoms. The summed E-state index contributed by atoms with van der Waals surface area (Å²) in [6.07, 6.45) is 0. The molecule has 0 aliphatic heterocycles. The summed E-state index contributed by atoms with van der Waals surface area (Å²) in [7, 11) is 0. The summed E-state index contributed by atoms with van der Waals surface area (Å²) in [5, 5.41) is 8.56. The summed E-state index contributed by atoms with van der Waals surface area (Å²) in [6, 6.07) is -0.700. The van der Waals surface area contributed by atoms with E-state index >= 15 is 0 Å².